The molecule has 0 amide bonds. The molecule has 2 atom stereocenters. The van der Waals surface area contributed by atoms with Gasteiger partial charge in [0.15, 0.2) is 5.65 Å². The molecule has 2 aromatic heterocycles. The van der Waals surface area contributed by atoms with Crippen LogP contribution in [0.3, 0.4) is 0 Å². The Hall–Kier alpha value is -3.12. The van der Waals surface area contributed by atoms with E-state index in [9.17, 15) is 0 Å². The predicted octanol–water partition coefficient (Wildman–Crippen LogP) is 4.17. The number of pyridine rings is 1. The van der Waals surface area contributed by atoms with Gasteiger partial charge in [-0.1, -0.05) is 36.4 Å². The van der Waals surface area contributed by atoms with Crippen molar-refractivity contribution in [1.29, 1.82) is 0 Å². The summed E-state index contributed by atoms with van der Waals surface area (Å²) in [5.41, 5.74) is 9.40. The number of allylic oxidation sites excluding steroid dienone is 1. The van der Waals surface area contributed by atoms with Gasteiger partial charge in [-0.05, 0) is 43.0 Å². The number of nitrogens with two attached hydrogens (primary N) is 1. The van der Waals surface area contributed by atoms with Crippen molar-refractivity contribution in [2.75, 3.05) is 11.4 Å². The van der Waals surface area contributed by atoms with Crippen LogP contribution in [0.25, 0.3) is 5.65 Å². The third kappa shape index (κ3) is 3.39. The smallest absolute Gasteiger partial charge is 0.236 e. The Bertz CT molecular complexity index is 1010. The summed E-state index contributed by atoms with van der Waals surface area (Å²) in [5.74, 6) is 1.51. The van der Waals surface area contributed by atoms with Crippen LogP contribution in [0.4, 0.5) is 5.95 Å². The van der Waals surface area contributed by atoms with Crippen LogP contribution in [-0.4, -0.2) is 21.1 Å². The third-order valence-corrected chi connectivity index (χ3v) is 5.03. The molecule has 144 valence electrons. The largest absolute Gasteiger partial charge is 0.484 e. The molecule has 0 spiro atoms. The molecule has 1 aliphatic carbocycles. The molecule has 28 heavy (non-hydrogen) atoms. The summed E-state index contributed by atoms with van der Waals surface area (Å²) in [6.45, 7) is 6.44. The van der Waals surface area contributed by atoms with E-state index in [2.05, 4.69) is 28.9 Å². The monoisotopic (exact) mass is 375 g/mol. The molecule has 0 bridgehead atoms. The summed E-state index contributed by atoms with van der Waals surface area (Å²) in [7, 11) is 0. The van der Waals surface area contributed by atoms with Crippen LogP contribution in [0.5, 0.6) is 5.75 Å². The summed E-state index contributed by atoms with van der Waals surface area (Å²) in [6.07, 6.45) is 9.51. The summed E-state index contributed by atoms with van der Waals surface area (Å²) in [6, 6.07) is 12.2. The molecule has 0 fully saturated rings. The highest BCUT2D eigenvalue weighted by Gasteiger charge is 2.26. The van der Waals surface area contributed by atoms with Gasteiger partial charge in [0.2, 0.25) is 5.95 Å². The van der Waals surface area contributed by atoms with Crippen molar-refractivity contribution in [3.63, 3.8) is 0 Å². The van der Waals surface area contributed by atoms with Crippen LogP contribution in [0.15, 0.2) is 67.5 Å². The molecular formula is C22H25N5O. The minimum absolute atomic E-state index is 0.00630. The first-order valence-corrected chi connectivity index (χ1v) is 9.57. The maximum Gasteiger partial charge on any atom is 0.236 e. The van der Waals surface area contributed by atoms with Gasteiger partial charge in [-0.25, -0.2) is 0 Å². The van der Waals surface area contributed by atoms with Crippen LogP contribution in [0, 0.1) is 0 Å². The van der Waals surface area contributed by atoms with Crippen LogP contribution in [0.1, 0.15) is 43.0 Å². The zero-order valence-corrected chi connectivity index (χ0v) is 16.0. The summed E-state index contributed by atoms with van der Waals surface area (Å²) < 4.78 is 8.32. The van der Waals surface area contributed by atoms with Crippen molar-refractivity contribution in [2.45, 2.75) is 31.9 Å². The van der Waals surface area contributed by atoms with Crippen LogP contribution >= 0.6 is 0 Å². The SMILES string of the molecule is C=CCN(C=CC)c1nnc2ccc(O[C@@H]3CC[C@H](N)c4ccccc43)cn12. The van der Waals surface area contributed by atoms with Crippen LogP contribution < -0.4 is 15.4 Å². The van der Waals surface area contributed by atoms with Gasteiger partial charge in [-0.2, -0.15) is 0 Å². The lowest BCUT2D eigenvalue weighted by Gasteiger charge is -2.30. The fraction of sp³-hybridized carbons (Fsp3) is 0.273. The molecule has 2 heterocycles. The van der Waals surface area contributed by atoms with Crippen molar-refractivity contribution < 1.29 is 4.74 Å². The Kier molecular flexibility index (Phi) is 5.12. The number of hydrogen-bond acceptors (Lipinski definition) is 5. The number of hydrogen-bond donors (Lipinski definition) is 1. The molecule has 1 aliphatic rings. The number of anilines is 1. The van der Waals surface area contributed by atoms with Gasteiger partial charge in [0.05, 0.1) is 6.20 Å². The summed E-state index contributed by atoms with van der Waals surface area (Å²) in [5, 5.41) is 8.60. The number of fused-ring (bicyclic) bond motifs is 2. The van der Waals surface area contributed by atoms with Crippen molar-refractivity contribution in [1.82, 2.24) is 14.6 Å². The Balaban J connectivity index is 1.66. The molecule has 0 saturated heterocycles. The minimum Gasteiger partial charge on any atom is -0.484 e. The Morgan fingerprint density at radius 3 is 2.82 bits per heavy atom. The predicted molar refractivity (Wildman–Crippen MR) is 111 cm³/mol. The standard InChI is InChI=1S/C22H25N5O/c1-3-13-26(14-4-2)22-25-24-21-12-9-16(15-27(21)22)28-20-11-10-19(23)17-7-5-6-8-18(17)20/h3-9,12,14-15,19-20H,1,10-11,13,23H2,2H3/t19-,20+/m0/s1. The van der Waals surface area contributed by atoms with E-state index in [4.69, 9.17) is 10.5 Å². The van der Waals surface area contributed by atoms with Crippen molar-refractivity contribution in [3.8, 4) is 5.75 Å². The van der Waals surface area contributed by atoms with Crippen molar-refractivity contribution in [3.05, 3.63) is 78.7 Å². The lowest BCUT2D eigenvalue weighted by Crippen LogP contribution is -2.23. The highest BCUT2D eigenvalue weighted by molar-refractivity contribution is 5.50. The van der Waals surface area contributed by atoms with E-state index < -0.39 is 0 Å². The fourth-order valence-corrected chi connectivity index (χ4v) is 3.72. The molecular weight excluding hydrogens is 350 g/mol. The van der Waals surface area contributed by atoms with Gasteiger partial charge in [0, 0.05) is 18.8 Å². The summed E-state index contributed by atoms with van der Waals surface area (Å²) >= 11 is 0. The maximum absolute atomic E-state index is 6.37. The number of aromatic nitrogens is 3. The van der Waals surface area contributed by atoms with E-state index in [-0.39, 0.29) is 12.1 Å². The van der Waals surface area contributed by atoms with Gasteiger partial charge in [0.1, 0.15) is 11.9 Å². The van der Waals surface area contributed by atoms with E-state index >= 15 is 0 Å². The number of benzene rings is 1. The lowest BCUT2D eigenvalue weighted by molar-refractivity contribution is 0.176. The highest BCUT2D eigenvalue weighted by Crippen LogP contribution is 2.37. The van der Waals surface area contributed by atoms with Gasteiger partial charge in [-0.15, -0.1) is 16.8 Å². The van der Waals surface area contributed by atoms with Crippen molar-refractivity contribution >= 4 is 11.6 Å². The second-order valence-electron chi connectivity index (χ2n) is 6.94. The van der Waals surface area contributed by atoms with Gasteiger partial charge in [0.25, 0.3) is 0 Å². The number of rotatable bonds is 6. The number of ether oxygens (including phenoxy) is 1. The zero-order chi connectivity index (χ0) is 19.5. The highest BCUT2D eigenvalue weighted by atomic mass is 16.5. The Labute approximate surface area is 164 Å². The number of nitrogens with zero attached hydrogens (tertiary/aromatic N) is 4. The molecule has 0 radical (unpaired) electrons. The van der Waals surface area contributed by atoms with Gasteiger partial charge < -0.3 is 15.4 Å². The Morgan fingerprint density at radius 1 is 1.21 bits per heavy atom. The van der Waals surface area contributed by atoms with Crippen LogP contribution in [0.2, 0.25) is 0 Å². The fourth-order valence-electron chi connectivity index (χ4n) is 3.72. The van der Waals surface area contributed by atoms with Gasteiger partial charge >= 0.3 is 0 Å². The van der Waals surface area contributed by atoms with Crippen LogP contribution in [-0.2, 0) is 0 Å². The molecule has 0 aliphatic heterocycles. The van der Waals surface area contributed by atoms with E-state index in [1.54, 1.807) is 0 Å². The second kappa shape index (κ2) is 7.86. The average Bonchev–Trinajstić information content (AvgIpc) is 3.13. The van der Waals surface area contributed by atoms with Gasteiger partial charge in [-0.3, -0.25) is 4.40 Å². The molecule has 4 rings (SSSR count). The summed E-state index contributed by atoms with van der Waals surface area (Å²) in [4.78, 5) is 1.99. The lowest BCUT2D eigenvalue weighted by atomic mass is 9.86. The molecule has 0 saturated carbocycles. The first-order chi connectivity index (χ1) is 13.7. The first kappa shape index (κ1) is 18.3. The maximum atomic E-state index is 6.37. The molecule has 1 aromatic carbocycles. The quantitative estimate of drug-likeness (QED) is 0.655. The first-order valence-electron chi connectivity index (χ1n) is 9.57. The van der Waals surface area contributed by atoms with E-state index in [0.29, 0.717) is 6.54 Å². The molecule has 3 aromatic rings. The molecule has 6 heteroatoms. The van der Waals surface area contributed by atoms with Crippen molar-refractivity contribution in [2.24, 2.45) is 5.73 Å². The average molecular weight is 375 g/mol. The zero-order valence-electron chi connectivity index (χ0n) is 16.0. The normalized spacial score (nSPS) is 18.9. The topological polar surface area (TPSA) is 68.7 Å². The minimum atomic E-state index is -0.00630. The third-order valence-electron chi connectivity index (χ3n) is 5.03. The van der Waals surface area contributed by atoms with E-state index in [1.807, 2.05) is 65.0 Å². The van der Waals surface area contributed by atoms with E-state index in [0.717, 1.165) is 30.2 Å². The molecule has 0 unspecified atom stereocenters. The molecule has 2 N–H and O–H groups in total. The molecule has 6 nitrogen and oxygen atoms in total. The second-order valence-corrected chi connectivity index (χ2v) is 6.94. The van der Waals surface area contributed by atoms with E-state index in [1.165, 1.54) is 11.1 Å². The Morgan fingerprint density at radius 2 is 2.04 bits per heavy atom.